The lowest BCUT2D eigenvalue weighted by Crippen LogP contribution is -2.47. The molecule has 1 aliphatic carbocycles. The topological polar surface area (TPSA) is 26.3 Å². The molecule has 0 N–H and O–H groups in total. The largest absolute Gasteiger partial charge is 0.459 e. The number of carbonyl (C=O) groups is 1. The summed E-state index contributed by atoms with van der Waals surface area (Å²) < 4.78 is 5.86. The number of ether oxygens (including phenoxy) is 1. The van der Waals surface area contributed by atoms with Gasteiger partial charge in [-0.25, -0.2) is 0 Å². The van der Waals surface area contributed by atoms with E-state index in [1.54, 1.807) is 6.92 Å². The maximum absolute atomic E-state index is 11.5. The van der Waals surface area contributed by atoms with Crippen LogP contribution in [0.4, 0.5) is 0 Å². The van der Waals surface area contributed by atoms with Gasteiger partial charge in [-0.15, -0.1) is 0 Å². The maximum atomic E-state index is 11.5. The second-order valence-electron chi connectivity index (χ2n) is 5.94. The number of hydrogen-bond acceptors (Lipinski definition) is 3. The van der Waals surface area contributed by atoms with Gasteiger partial charge in [0.1, 0.15) is 5.60 Å². The van der Waals surface area contributed by atoms with Gasteiger partial charge in [-0.3, -0.25) is 4.79 Å². The Morgan fingerprint density at radius 2 is 2.00 bits per heavy atom. The summed E-state index contributed by atoms with van der Waals surface area (Å²) in [5.41, 5.74) is -0.0864. The van der Waals surface area contributed by atoms with Gasteiger partial charge in [-0.1, -0.05) is 6.42 Å². The summed E-state index contributed by atoms with van der Waals surface area (Å²) in [6.07, 6.45) is 10.1. The number of esters is 1. The summed E-state index contributed by atoms with van der Waals surface area (Å²) in [7, 11) is 0. The Morgan fingerprint density at radius 1 is 1.24 bits per heavy atom. The second kappa shape index (κ2) is 4.49. The van der Waals surface area contributed by atoms with E-state index < -0.39 is 0 Å². The lowest BCUT2D eigenvalue weighted by molar-refractivity contribution is -0.169. The number of thioether (sulfide) groups is 1. The molecule has 2 saturated heterocycles. The van der Waals surface area contributed by atoms with Crippen molar-refractivity contribution in [2.75, 3.05) is 0 Å². The third kappa shape index (κ3) is 2.11. The maximum Gasteiger partial charge on any atom is 0.303 e. The number of fused-ring (bicyclic) bond motifs is 2. The third-order valence-electron chi connectivity index (χ3n) is 4.83. The monoisotopic (exact) mass is 254 g/mol. The Balaban J connectivity index is 1.80. The first-order valence-corrected chi connectivity index (χ1v) is 7.99. The van der Waals surface area contributed by atoms with Crippen molar-refractivity contribution >= 4 is 17.7 Å². The van der Waals surface area contributed by atoms with Crippen LogP contribution in [-0.2, 0) is 9.53 Å². The Morgan fingerprint density at radius 3 is 2.53 bits per heavy atom. The first kappa shape index (κ1) is 11.9. The van der Waals surface area contributed by atoms with Crippen LogP contribution in [0.3, 0.4) is 0 Å². The third-order valence-corrected chi connectivity index (χ3v) is 6.56. The van der Waals surface area contributed by atoms with Crippen LogP contribution >= 0.6 is 11.8 Å². The predicted octanol–water partition coefficient (Wildman–Crippen LogP) is 3.54. The standard InChI is InChI=1S/C14H22O2S/c1-10(15)16-14(7-3-2-4-8-14)12-9-11-5-6-13(12)17-11/h11-13H,2-9H2,1H3. The van der Waals surface area contributed by atoms with Crippen molar-refractivity contribution in [3.05, 3.63) is 0 Å². The van der Waals surface area contributed by atoms with Crippen LogP contribution < -0.4 is 0 Å². The van der Waals surface area contributed by atoms with Crippen molar-refractivity contribution in [2.45, 2.75) is 74.4 Å². The molecule has 2 heterocycles. The van der Waals surface area contributed by atoms with E-state index in [-0.39, 0.29) is 11.6 Å². The zero-order valence-corrected chi connectivity index (χ0v) is 11.4. The number of hydrogen-bond donors (Lipinski definition) is 0. The quantitative estimate of drug-likeness (QED) is 0.705. The van der Waals surface area contributed by atoms with Crippen molar-refractivity contribution in [2.24, 2.45) is 5.92 Å². The number of carbonyl (C=O) groups excluding carboxylic acids is 1. The van der Waals surface area contributed by atoms with Crippen LogP contribution in [0.2, 0.25) is 0 Å². The van der Waals surface area contributed by atoms with Crippen LogP contribution in [0.25, 0.3) is 0 Å². The summed E-state index contributed by atoms with van der Waals surface area (Å²) in [4.78, 5) is 11.5. The summed E-state index contributed by atoms with van der Waals surface area (Å²) in [5.74, 6) is 0.579. The van der Waals surface area contributed by atoms with E-state index in [1.807, 2.05) is 0 Å². The second-order valence-corrected chi connectivity index (χ2v) is 7.48. The Labute approximate surface area is 108 Å². The van der Waals surface area contributed by atoms with Gasteiger partial charge in [0.05, 0.1) is 0 Å². The van der Waals surface area contributed by atoms with E-state index in [0.29, 0.717) is 5.92 Å². The van der Waals surface area contributed by atoms with Crippen LogP contribution in [-0.4, -0.2) is 22.1 Å². The minimum Gasteiger partial charge on any atom is -0.459 e. The van der Waals surface area contributed by atoms with E-state index in [0.717, 1.165) is 23.3 Å². The Bertz CT molecular complexity index is 309. The van der Waals surface area contributed by atoms with Crippen LogP contribution in [0.5, 0.6) is 0 Å². The molecule has 0 amide bonds. The first-order valence-electron chi connectivity index (χ1n) is 7.05. The molecule has 17 heavy (non-hydrogen) atoms. The molecule has 3 rings (SSSR count). The highest BCUT2D eigenvalue weighted by atomic mass is 32.2. The molecule has 3 fully saturated rings. The molecule has 0 aromatic carbocycles. The molecule has 0 radical (unpaired) electrons. The fourth-order valence-corrected chi connectivity index (χ4v) is 6.08. The molecule has 1 saturated carbocycles. The minimum atomic E-state index is -0.0864. The van der Waals surface area contributed by atoms with Gasteiger partial charge < -0.3 is 4.74 Å². The van der Waals surface area contributed by atoms with Crippen LogP contribution in [0, 0.1) is 5.92 Å². The van der Waals surface area contributed by atoms with Gasteiger partial charge in [0.15, 0.2) is 0 Å². The van der Waals surface area contributed by atoms with Gasteiger partial charge in [0.25, 0.3) is 0 Å². The lowest BCUT2D eigenvalue weighted by atomic mass is 9.69. The summed E-state index contributed by atoms with van der Waals surface area (Å²) >= 11 is 2.17. The average Bonchev–Trinajstić information content (AvgIpc) is 2.91. The SMILES string of the molecule is CC(=O)OC1(C2CC3CCC2S3)CCCCC1. The van der Waals surface area contributed by atoms with Crippen molar-refractivity contribution in [1.29, 1.82) is 0 Å². The summed E-state index contributed by atoms with van der Waals surface area (Å²) in [5, 5.41) is 1.64. The van der Waals surface area contributed by atoms with Crippen LogP contribution in [0.15, 0.2) is 0 Å². The normalized spacial score (nSPS) is 39.2. The molecule has 0 spiro atoms. The van der Waals surface area contributed by atoms with E-state index in [4.69, 9.17) is 4.74 Å². The lowest BCUT2D eigenvalue weighted by Gasteiger charge is -2.44. The molecular formula is C14H22O2S. The molecule has 96 valence electrons. The van der Waals surface area contributed by atoms with Gasteiger partial charge in [0.2, 0.25) is 0 Å². The van der Waals surface area contributed by atoms with Crippen molar-refractivity contribution in [1.82, 2.24) is 0 Å². The highest BCUT2D eigenvalue weighted by Crippen LogP contribution is 2.56. The molecule has 3 aliphatic rings. The zero-order chi connectivity index (χ0) is 11.9. The molecular weight excluding hydrogens is 232 g/mol. The van der Waals surface area contributed by atoms with Gasteiger partial charge in [-0.05, 0) is 44.9 Å². The molecule has 2 aliphatic heterocycles. The fourth-order valence-electron chi connectivity index (χ4n) is 4.18. The predicted molar refractivity (Wildman–Crippen MR) is 70.1 cm³/mol. The molecule has 2 bridgehead atoms. The summed E-state index contributed by atoms with van der Waals surface area (Å²) in [6.45, 7) is 1.58. The zero-order valence-electron chi connectivity index (χ0n) is 10.6. The van der Waals surface area contributed by atoms with E-state index >= 15 is 0 Å². The van der Waals surface area contributed by atoms with E-state index in [9.17, 15) is 4.79 Å². The molecule has 3 heteroatoms. The average molecular weight is 254 g/mol. The Hall–Kier alpha value is -0.180. The smallest absolute Gasteiger partial charge is 0.303 e. The van der Waals surface area contributed by atoms with Crippen molar-refractivity contribution in [3.8, 4) is 0 Å². The van der Waals surface area contributed by atoms with E-state index in [2.05, 4.69) is 11.8 Å². The Kier molecular flexibility index (Phi) is 3.14. The molecule has 2 nitrogen and oxygen atoms in total. The number of rotatable bonds is 2. The van der Waals surface area contributed by atoms with Crippen LogP contribution in [0.1, 0.15) is 58.3 Å². The van der Waals surface area contributed by atoms with E-state index in [1.165, 1.54) is 38.5 Å². The van der Waals surface area contributed by atoms with Gasteiger partial charge in [-0.2, -0.15) is 11.8 Å². The molecule has 0 aromatic heterocycles. The molecule has 3 atom stereocenters. The highest BCUT2D eigenvalue weighted by molar-refractivity contribution is 8.01. The first-order chi connectivity index (χ1) is 8.20. The van der Waals surface area contributed by atoms with Crippen molar-refractivity contribution < 1.29 is 9.53 Å². The van der Waals surface area contributed by atoms with Gasteiger partial charge in [0, 0.05) is 23.3 Å². The summed E-state index contributed by atoms with van der Waals surface area (Å²) in [6, 6.07) is 0. The molecule has 0 aromatic rings. The molecule has 3 unspecified atom stereocenters. The minimum absolute atomic E-state index is 0.0697. The van der Waals surface area contributed by atoms with Crippen molar-refractivity contribution in [3.63, 3.8) is 0 Å². The highest BCUT2D eigenvalue weighted by Gasteiger charge is 2.53. The fraction of sp³-hybridized carbons (Fsp3) is 0.929. The van der Waals surface area contributed by atoms with Gasteiger partial charge >= 0.3 is 5.97 Å².